The number of rotatable bonds is 9. The number of likely N-dealkylation sites (N-methyl/N-ethyl adjacent to an activating group) is 1. The van der Waals surface area contributed by atoms with E-state index in [2.05, 4.69) is 23.6 Å². The summed E-state index contributed by atoms with van der Waals surface area (Å²) in [6, 6.07) is 8.62. The van der Waals surface area contributed by atoms with Crippen LogP contribution in [0.4, 0.5) is 10.1 Å². The number of hydrogen-bond donors (Lipinski definition) is 2. The lowest BCUT2D eigenvalue weighted by atomic mass is 10.0. The van der Waals surface area contributed by atoms with Crippen molar-refractivity contribution in [3.05, 3.63) is 53.8 Å². The van der Waals surface area contributed by atoms with Crippen LogP contribution in [0.1, 0.15) is 63.2 Å². The number of sulfonamides is 1. The number of amides is 1. The van der Waals surface area contributed by atoms with E-state index in [1.54, 1.807) is 24.0 Å². The molecule has 0 spiro atoms. The number of hydrogen-bond acceptors (Lipinski definition) is 7. The summed E-state index contributed by atoms with van der Waals surface area (Å²) in [4.78, 5) is 18.1. The summed E-state index contributed by atoms with van der Waals surface area (Å²) >= 11 is 0. The molecule has 1 aliphatic heterocycles. The van der Waals surface area contributed by atoms with E-state index in [-0.39, 0.29) is 46.8 Å². The number of carbonyl (C=O) groups is 1. The van der Waals surface area contributed by atoms with Crippen LogP contribution in [0.3, 0.4) is 0 Å². The number of nitrogens with zero attached hydrogens (tertiary/aromatic N) is 2. The van der Waals surface area contributed by atoms with Crippen LogP contribution in [0.5, 0.6) is 5.75 Å². The molecular weight excluding hydrogens is 573 g/mol. The maximum atomic E-state index is 14.2. The zero-order valence-corrected chi connectivity index (χ0v) is 26.5. The van der Waals surface area contributed by atoms with Crippen LogP contribution in [0, 0.1) is 17.7 Å². The van der Waals surface area contributed by atoms with E-state index in [1.807, 2.05) is 6.92 Å². The van der Waals surface area contributed by atoms with E-state index < -0.39 is 21.9 Å². The van der Waals surface area contributed by atoms with Gasteiger partial charge < -0.3 is 24.4 Å². The predicted octanol–water partition coefficient (Wildman–Crippen LogP) is 4.76. The van der Waals surface area contributed by atoms with Gasteiger partial charge in [-0.05, 0) is 101 Å². The van der Waals surface area contributed by atoms with Gasteiger partial charge >= 0.3 is 0 Å². The topological polar surface area (TPSA) is 108 Å². The number of halogens is 1. The Balaban J connectivity index is 1.65. The first-order valence-electron chi connectivity index (χ1n) is 15.3. The van der Waals surface area contributed by atoms with Crippen molar-refractivity contribution in [2.45, 2.75) is 76.0 Å². The van der Waals surface area contributed by atoms with Crippen molar-refractivity contribution in [3.63, 3.8) is 0 Å². The molecule has 2 aliphatic rings. The summed E-state index contributed by atoms with van der Waals surface area (Å²) in [5.41, 5.74) is 0.361. The molecule has 1 aliphatic carbocycles. The van der Waals surface area contributed by atoms with Crippen molar-refractivity contribution in [1.29, 1.82) is 0 Å². The minimum Gasteiger partial charge on any atom is -0.490 e. The van der Waals surface area contributed by atoms with Gasteiger partial charge in [-0.3, -0.25) is 9.52 Å². The zero-order valence-electron chi connectivity index (χ0n) is 25.7. The van der Waals surface area contributed by atoms with Crippen LogP contribution in [-0.2, 0) is 14.8 Å². The van der Waals surface area contributed by atoms with E-state index in [4.69, 9.17) is 9.47 Å². The summed E-state index contributed by atoms with van der Waals surface area (Å²) in [6.45, 7) is 8.29. The lowest BCUT2D eigenvalue weighted by Crippen LogP contribution is -2.47. The standard InChI is InChI=1S/C32H46FN3O6S/c1-22-18-36(23(2)21-37)32(38)29-17-27(34-43(39,40)28-13-10-26(33)11-14-28)12-15-30(29)42-24(3)7-5-6-16-41-31(22)20-35(4)19-25-8-9-25/h10-15,17,22-25,31,34,37H,5-9,16,18-21H2,1-4H3/t22-,23-,24+,31+/m0/s1. The molecule has 2 aromatic carbocycles. The molecule has 2 N–H and O–H groups in total. The highest BCUT2D eigenvalue weighted by molar-refractivity contribution is 7.92. The molecule has 238 valence electrons. The molecule has 1 fully saturated rings. The number of nitrogens with one attached hydrogen (secondary N) is 1. The Morgan fingerprint density at radius 2 is 1.81 bits per heavy atom. The summed E-state index contributed by atoms with van der Waals surface area (Å²) < 4.78 is 54.6. The smallest absolute Gasteiger partial charge is 0.261 e. The number of ether oxygens (including phenoxy) is 2. The Kier molecular flexibility index (Phi) is 11.4. The van der Waals surface area contributed by atoms with E-state index >= 15 is 0 Å². The molecule has 11 heteroatoms. The number of anilines is 1. The Bertz CT molecular complexity index is 1320. The molecule has 0 unspecified atom stereocenters. The first kappa shape index (κ1) is 33.2. The summed E-state index contributed by atoms with van der Waals surface area (Å²) in [6.07, 6.45) is 4.78. The first-order valence-corrected chi connectivity index (χ1v) is 16.8. The highest BCUT2D eigenvalue weighted by atomic mass is 32.2. The largest absolute Gasteiger partial charge is 0.490 e. The van der Waals surface area contributed by atoms with Gasteiger partial charge in [-0.1, -0.05) is 6.92 Å². The second-order valence-electron chi connectivity index (χ2n) is 12.2. The van der Waals surface area contributed by atoms with Crippen molar-refractivity contribution >= 4 is 21.6 Å². The van der Waals surface area contributed by atoms with E-state index in [1.165, 1.54) is 31.0 Å². The normalized spacial score (nSPS) is 23.3. The highest BCUT2D eigenvalue weighted by Gasteiger charge is 2.31. The van der Waals surface area contributed by atoms with E-state index in [9.17, 15) is 22.7 Å². The second-order valence-corrected chi connectivity index (χ2v) is 13.9. The SMILES string of the molecule is C[C@@H]1CCCCO[C@H](CN(C)CC2CC2)[C@@H](C)CN([C@@H](C)CO)C(=O)c2cc(NS(=O)(=O)c3ccc(F)cc3)ccc2O1. The fraction of sp³-hybridized carbons (Fsp3) is 0.594. The minimum absolute atomic E-state index is 0.0361. The zero-order chi connectivity index (χ0) is 31.1. The molecule has 0 aromatic heterocycles. The van der Waals surface area contributed by atoms with Crippen molar-refractivity contribution in [1.82, 2.24) is 9.80 Å². The molecule has 4 atom stereocenters. The van der Waals surface area contributed by atoms with Crippen molar-refractivity contribution in [2.24, 2.45) is 11.8 Å². The highest BCUT2D eigenvalue weighted by Crippen LogP contribution is 2.31. The Labute approximate surface area is 255 Å². The maximum Gasteiger partial charge on any atom is 0.261 e. The molecular formula is C32H46FN3O6S. The van der Waals surface area contributed by atoms with Gasteiger partial charge in [0, 0.05) is 37.8 Å². The maximum absolute atomic E-state index is 14.2. The van der Waals surface area contributed by atoms with Crippen molar-refractivity contribution in [2.75, 3.05) is 44.6 Å². The van der Waals surface area contributed by atoms with Crippen LogP contribution in [0.15, 0.2) is 47.4 Å². The minimum atomic E-state index is -4.04. The number of aliphatic hydroxyl groups is 1. The number of carbonyl (C=O) groups excluding carboxylic acids is 1. The van der Waals surface area contributed by atoms with Crippen LogP contribution >= 0.6 is 0 Å². The summed E-state index contributed by atoms with van der Waals surface area (Å²) in [7, 11) is -1.93. The summed E-state index contributed by atoms with van der Waals surface area (Å²) in [5, 5.41) is 10.1. The number of fused-ring (bicyclic) bond motifs is 1. The van der Waals surface area contributed by atoms with Gasteiger partial charge in [-0.25, -0.2) is 12.8 Å². The molecule has 1 amide bonds. The summed E-state index contributed by atoms with van der Waals surface area (Å²) in [5.74, 6) is 0.140. The number of benzene rings is 2. The Hall–Kier alpha value is -2.73. The molecule has 0 radical (unpaired) electrons. The molecule has 1 heterocycles. The molecule has 43 heavy (non-hydrogen) atoms. The Morgan fingerprint density at radius 1 is 1.09 bits per heavy atom. The molecule has 4 rings (SSSR count). The van der Waals surface area contributed by atoms with Gasteiger partial charge in [-0.15, -0.1) is 0 Å². The van der Waals surface area contributed by atoms with Crippen LogP contribution < -0.4 is 9.46 Å². The average Bonchev–Trinajstić information content (AvgIpc) is 3.78. The van der Waals surface area contributed by atoms with Gasteiger partial charge in [0.05, 0.1) is 35.3 Å². The van der Waals surface area contributed by atoms with Gasteiger partial charge in [0.1, 0.15) is 11.6 Å². The molecule has 0 saturated heterocycles. The average molecular weight is 620 g/mol. The lowest BCUT2D eigenvalue weighted by Gasteiger charge is -2.36. The first-order chi connectivity index (χ1) is 20.5. The van der Waals surface area contributed by atoms with Crippen LogP contribution in [0.25, 0.3) is 0 Å². The third-order valence-electron chi connectivity index (χ3n) is 8.19. The quantitative estimate of drug-likeness (QED) is 0.417. The monoisotopic (exact) mass is 619 g/mol. The van der Waals surface area contributed by atoms with Crippen LogP contribution in [-0.4, -0.2) is 87.4 Å². The molecule has 2 aromatic rings. The third kappa shape index (κ3) is 9.38. The van der Waals surface area contributed by atoms with Crippen molar-refractivity contribution in [3.8, 4) is 5.75 Å². The molecule has 9 nitrogen and oxygen atoms in total. The van der Waals surface area contributed by atoms with Gasteiger partial charge in [0.25, 0.3) is 15.9 Å². The lowest BCUT2D eigenvalue weighted by molar-refractivity contribution is -0.0172. The van der Waals surface area contributed by atoms with E-state index in [0.717, 1.165) is 50.4 Å². The second kappa shape index (κ2) is 14.8. The fourth-order valence-corrected chi connectivity index (χ4v) is 6.45. The predicted molar refractivity (Wildman–Crippen MR) is 164 cm³/mol. The molecule has 0 bridgehead atoms. The fourth-order valence-electron chi connectivity index (χ4n) is 5.40. The Morgan fingerprint density at radius 3 is 2.49 bits per heavy atom. The van der Waals surface area contributed by atoms with Gasteiger partial charge in [0.2, 0.25) is 0 Å². The van der Waals surface area contributed by atoms with Gasteiger partial charge in [-0.2, -0.15) is 0 Å². The number of aliphatic hydroxyl groups excluding tert-OH is 1. The third-order valence-corrected chi connectivity index (χ3v) is 9.58. The van der Waals surface area contributed by atoms with Gasteiger partial charge in [0.15, 0.2) is 0 Å². The van der Waals surface area contributed by atoms with Crippen molar-refractivity contribution < 1.29 is 32.2 Å². The molecule has 1 saturated carbocycles. The van der Waals surface area contributed by atoms with E-state index in [0.29, 0.717) is 18.9 Å². The van der Waals surface area contributed by atoms with Crippen LogP contribution in [0.2, 0.25) is 0 Å².